The molecule has 0 aliphatic carbocycles. The molecular formula is C21H38O4. The average molecular weight is 355 g/mol. The maximum absolute atomic E-state index is 12.4. The van der Waals surface area contributed by atoms with Gasteiger partial charge in [-0.05, 0) is 31.6 Å². The molecule has 0 aliphatic heterocycles. The van der Waals surface area contributed by atoms with Gasteiger partial charge in [-0.3, -0.25) is 0 Å². The van der Waals surface area contributed by atoms with E-state index < -0.39 is 5.97 Å². The average Bonchev–Trinajstić information content (AvgIpc) is 2.56. The van der Waals surface area contributed by atoms with E-state index in [4.69, 9.17) is 9.47 Å². The van der Waals surface area contributed by atoms with Crippen LogP contribution >= 0.6 is 0 Å². The summed E-state index contributed by atoms with van der Waals surface area (Å²) in [6, 6.07) is 0. The van der Waals surface area contributed by atoms with E-state index in [1.54, 1.807) is 6.92 Å². The van der Waals surface area contributed by atoms with Crippen molar-refractivity contribution in [2.45, 2.75) is 86.5 Å². The summed E-state index contributed by atoms with van der Waals surface area (Å²) in [7, 11) is 0. The molecule has 0 aliphatic rings. The molecule has 4 heteroatoms. The van der Waals surface area contributed by atoms with Gasteiger partial charge in [0.05, 0.1) is 13.2 Å². The summed E-state index contributed by atoms with van der Waals surface area (Å²) < 4.78 is 10.6. The fourth-order valence-electron chi connectivity index (χ4n) is 2.33. The van der Waals surface area contributed by atoms with Crippen LogP contribution in [0, 0.1) is 11.8 Å². The lowest BCUT2D eigenvalue weighted by molar-refractivity contribution is -0.143. The number of carbonyl (C=O) groups excluding carboxylic acids is 2. The van der Waals surface area contributed by atoms with E-state index in [0.717, 1.165) is 12.8 Å². The summed E-state index contributed by atoms with van der Waals surface area (Å²) in [6.07, 6.45) is 7.39. The first kappa shape index (κ1) is 23.7. The van der Waals surface area contributed by atoms with Crippen LogP contribution in [-0.4, -0.2) is 25.2 Å². The molecule has 0 rings (SSSR count). The highest BCUT2D eigenvalue weighted by atomic mass is 16.5. The Morgan fingerprint density at radius 2 is 1.24 bits per heavy atom. The molecule has 0 aromatic rings. The van der Waals surface area contributed by atoms with Crippen molar-refractivity contribution >= 4 is 11.9 Å². The molecule has 146 valence electrons. The zero-order valence-corrected chi connectivity index (χ0v) is 17.2. The van der Waals surface area contributed by atoms with Gasteiger partial charge in [-0.1, -0.05) is 66.7 Å². The Morgan fingerprint density at radius 3 is 1.76 bits per heavy atom. The van der Waals surface area contributed by atoms with Gasteiger partial charge in [0.15, 0.2) is 0 Å². The van der Waals surface area contributed by atoms with Gasteiger partial charge in [-0.15, -0.1) is 0 Å². The Balaban J connectivity index is 4.82. The van der Waals surface area contributed by atoms with Gasteiger partial charge in [-0.2, -0.15) is 0 Å². The van der Waals surface area contributed by atoms with Gasteiger partial charge >= 0.3 is 11.9 Å². The molecule has 0 aromatic heterocycles. The van der Waals surface area contributed by atoms with Gasteiger partial charge in [-0.25, -0.2) is 9.59 Å². The second-order valence-electron chi connectivity index (χ2n) is 7.61. The minimum atomic E-state index is -0.406. The van der Waals surface area contributed by atoms with Crippen LogP contribution in [0.1, 0.15) is 86.5 Å². The van der Waals surface area contributed by atoms with Crippen molar-refractivity contribution in [2.75, 3.05) is 13.2 Å². The largest absolute Gasteiger partial charge is 0.462 e. The van der Waals surface area contributed by atoms with Gasteiger partial charge in [0, 0.05) is 11.1 Å². The second kappa shape index (κ2) is 13.9. The Bertz CT molecular complexity index is 422. The van der Waals surface area contributed by atoms with Crippen molar-refractivity contribution in [1.82, 2.24) is 0 Å². The van der Waals surface area contributed by atoms with Crippen molar-refractivity contribution in [3.8, 4) is 0 Å². The first-order chi connectivity index (χ1) is 11.8. The van der Waals surface area contributed by atoms with Crippen molar-refractivity contribution in [3.05, 3.63) is 11.1 Å². The number of unbranched alkanes of at least 4 members (excludes halogenated alkanes) is 5. The smallest absolute Gasteiger partial charge is 0.334 e. The summed E-state index contributed by atoms with van der Waals surface area (Å²) in [5, 5.41) is 0. The van der Waals surface area contributed by atoms with Gasteiger partial charge in [0.1, 0.15) is 0 Å². The minimum Gasteiger partial charge on any atom is -0.462 e. The zero-order valence-electron chi connectivity index (χ0n) is 17.2. The normalized spacial score (nSPS) is 12.3. The lowest BCUT2D eigenvalue weighted by Crippen LogP contribution is -2.18. The number of rotatable bonds is 13. The molecule has 0 radical (unpaired) electrons. The Labute approximate surface area is 154 Å². The first-order valence-electron chi connectivity index (χ1n) is 9.83. The van der Waals surface area contributed by atoms with E-state index in [9.17, 15) is 9.59 Å². The van der Waals surface area contributed by atoms with Crippen LogP contribution in [0.25, 0.3) is 0 Å². The van der Waals surface area contributed by atoms with Gasteiger partial charge in [0.25, 0.3) is 0 Å². The maximum Gasteiger partial charge on any atom is 0.334 e. The Morgan fingerprint density at radius 1 is 0.760 bits per heavy atom. The molecule has 0 heterocycles. The van der Waals surface area contributed by atoms with E-state index >= 15 is 0 Å². The third kappa shape index (κ3) is 11.8. The number of ether oxygens (including phenoxy) is 2. The SMILES string of the molecule is CCCCCCCC/C(C(=O)OCC(C)C)=C(\C)C(=O)OCC(C)C. The standard InChI is InChI=1S/C21H38O4/c1-7-8-9-10-11-12-13-19(21(23)25-15-17(4)5)18(6)20(22)24-14-16(2)3/h16-17H,7-15H2,1-6H3/b19-18-. The molecule has 4 nitrogen and oxygen atoms in total. The lowest BCUT2D eigenvalue weighted by Gasteiger charge is -2.14. The van der Waals surface area contributed by atoms with E-state index in [0.29, 0.717) is 30.8 Å². The Hall–Kier alpha value is -1.32. The van der Waals surface area contributed by atoms with Crippen molar-refractivity contribution in [2.24, 2.45) is 11.8 Å². The van der Waals surface area contributed by atoms with Crippen LogP contribution in [0.2, 0.25) is 0 Å². The molecule has 0 fully saturated rings. The van der Waals surface area contributed by atoms with Crippen LogP contribution < -0.4 is 0 Å². The topological polar surface area (TPSA) is 52.6 Å². The van der Waals surface area contributed by atoms with Crippen molar-refractivity contribution in [3.63, 3.8) is 0 Å². The molecule has 0 bridgehead atoms. The van der Waals surface area contributed by atoms with Crippen LogP contribution in [0.4, 0.5) is 0 Å². The number of esters is 2. The third-order valence-electron chi connectivity index (χ3n) is 3.88. The molecular weight excluding hydrogens is 316 g/mol. The van der Waals surface area contributed by atoms with Crippen molar-refractivity contribution < 1.29 is 19.1 Å². The maximum atomic E-state index is 12.4. The third-order valence-corrected chi connectivity index (χ3v) is 3.88. The summed E-state index contributed by atoms with van der Waals surface area (Å²) in [5.41, 5.74) is 0.868. The fourth-order valence-corrected chi connectivity index (χ4v) is 2.33. The quantitative estimate of drug-likeness (QED) is 0.251. The molecule has 0 amide bonds. The molecule has 0 unspecified atom stereocenters. The zero-order chi connectivity index (χ0) is 19.2. The molecule has 0 atom stereocenters. The molecule has 0 N–H and O–H groups in total. The van der Waals surface area contributed by atoms with E-state index in [2.05, 4.69) is 6.92 Å². The number of hydrogen-bond donors (Lipinski definition) is 0. The molecule has 0 saturated heterocycles. The lowest BCUT2D eigenvalue weighted by atomic mass is 10.0. The number of hydrogen-bond acceptors (Lipinski definition) is 4. The van der Waals surface area contributed by atoms with Crippen LogP contribution in [-0.2, 0) is 19.1 Å². The summed E-state index contributed by atoms with van der Waals surface area (Å²) in [5.74, 6) is -0.239. The van der Waals surface area contributed by atoms with Crippen LogP contribution in [0.5, 0.6) is 0 Å². The highest BCUT2D eigenvalue weighted by Gasteiger charge is 2.20. The predicted octanol–water partition coefficient (Wildman–Crippen LogP) is 5.45. The predicted molar refractivity (Wildman–Crippen MR) is 102 cm³/mol. The van der Waals surface area contributed by atoms with E-state index in [-0.39, 0.29) is 17.8 Å². The first-order valence-corrected chi connectivity index (χ1v) is 9.83. The second-order valence-corrected chi connectivity index (χ2v) is 7.61. The van der Waals surface area contributed by atoms with E-state index in [1.807, 2.05) is 27.7 Å². The van der Waals surface area contributed by atoms with Gasteiger partial charge in [0.2, 0.25) is 0 Å². The van der Waals surface area contributed by atoms with Gasteiger partial charge < -0.3 is 9.47 Å². The number of carbonyl (C=O) groups is 2. The monoisotopic (exact) mass is 354 g/mol. The Kier molecular flexibility index (Phi) is 13.2. The van der Waals surface area contributed by atoms with Crippen LogP contribution in [0.3, 0.4) is 0 Å². The van der Waals surface area contributed by atoms with Crippen LogP contribution in [0.15, 0.2) is 11.1 Å². The molecule has 25 heavy (non-hydrogen) atoms. The highest BCUT2D eigenvalue weighted by Crippen LogP contribution is 2.18. The summed E-state index contributed by atoms with van der Waals surface area (Å²) >= 11 is 0. The van der Waals surface area contributed by atoms with Crippen molar-refractivity contribution in [1.29, 1.82) is 0 Å². The van der Waals surface area contributed by atoms with E-state index in [1.165, 1.54) is 25.7 Å². The minimum absolute atomic E-state index is 0.270. The summed E-state index contributed by atoms with van der Waals surface area (Å²) in [6.45, 7) is 12.6. The highest BCUT2D eigenvalue weighted by molar-refractivity contribution is 5.99. The fraction of sp³-hybridized carbons (Fsp3) is 0.810. The molecule has 0 aromatic carbocycles. The molecule has 0 saturated carbocycles. The molecule has 0 spiro atoms. The summed E-state index contributed by atoms with van der Waals surface area (Å²) in [4.78, 5) is 24.6.